The molecule has 3 aromatic rings. The molecular weight excluding hydrogens is 534 g/mol. The van der Waals surface area contributed by atoms with Gasteiger partial charge in [0.05, 0.1) is 25.9 Å². The summed E-state index contributed by atoms with van der Waals surface area (Å²) in [5.41, 5.74) is 1.56. The second-order valence-corrected chi connectivity index (χ2v) is 9.25. The van der Waals surface area contributed by atoms with E-state index in [1.807, 2.05) is 25.1 Å². The molecule has 41 heavy (non-hydrogen) atoms. The number of ether oxygens (including phenoxy) is 1. The van der Waals surface area contributed by atoms with Crippen LogP contribution in [0.5, 0.6) is 0 Å². The topological polar surface area (TPSA) is 169 Å². The van der Waals surface area contributed by atoms with Crippen LogP contribution in [0.3, 0.4) is 0 Å². The summed E-state index contributed by atoms with van der Waals surface area (Å²) in [6.45, 7) is 4.55. The number of piperazine rings is 1. The fraction of sp³-hybridized carbons (Fsp3) is 0.370. The number of aryl methyl sites for hydroxylation is 1. The molecule has 1 aliphatic heterocycles. The lowest BCUT2D eigenvalue weighted by Gasteiger charge is -2.35. The molecule has 3 heterocycles. The number of hydrogen-bond donors (Lipinski definition) is 2. The molecule has 0 aliphatic carbocycles. The molecule has 1 saturated heterocycles. The van der Waals surface area contributed by atoms with Crippen LogP contribution in [0.25, 0.3) is 17.2 Å². The number of amides is 2. The molecule has 1 aliphatic rings. The van der Waals surface area contributed by atoms with Gasteiger partial charge in [-0.25, -0.2) is 19.4 Å². The summed E-state index contributed by atoms with van der Waals surface area (Å²) in [7, 11) is 0. The SMILES string of the molecule is CCOC(=O)ON1CCN(C(=O)[C@H](CCC(=O)O)NC(=O)c2cc(-n3cc(C)cn3)nc(-c3ccccc3)n2)CC1. The summed E-state index contributed by atoms with van der Waals surface area (Å²) in [5, 5.41) is 17.6. The van der Waals surface area contributed by atoms with Crippen molar-refractivity contribution in [1.29, 1.82) is 0 Å². The van der Waals surface area contributed by atoms with E-state index in [-0.39, 0.29) is 57.1 Å². The third-order valence-corrected chi connectivity index (χ3v) is 6.19. The van der Waals surface area contributed by atoms with Gasteiger partial charge in [-0.2, -0.15) is 5.10 Å². The summed E-state index contributed by atoms with van der Waals surface area (Å²) in [6.07, 6.45) is 2.12. The molecule has 1 atom stereocenters. The minimum atomic E-state index is -1.12. The Hall–Kier alpha value is -4.85. The van der Waals surface area contributed by atoms with E-state index < -0.39 is 30.0 Å². The summed E-state index contributed by atoms with van der Waals surface area (Å²) >= 11 is 0. The predicted molar refractivity (Wildman–Crippen MR) is 144 cm³/mol. The van der Waals surface area contributed by atoms with Crippen LogP contribution in [0, 0.1) is 6.92 Å². The van der Waals surface area contributed by atoms with Gasteiger partial charge < -0.3 is 24.9 Å². The first-order chi connectivity index (χ1) is 19.7. The van der Waals surface area contributed by atoms with E-state index in [1.54, 1.807) is 31.5 Å². The molecule has 2 amide bonds. The van der Waals surface area contributed by atoms with Gasteiger partial charge in [0.25, 0.3) is 5.91 Å². The van der Waals surface area contributed by atoms with E-state index >= 15 is 0 Å². The fourth-order valence-electron chi connectivity index (χ4n) is 4.15. The number of carboxylic acids is 1. The van der Waals surface area contributed by atoms with Gasteiger partial charge in [0.1, 0.15) is 11.7 Å². The van der Waals surface area contributed by atoms with Gasteiger partial charge >= 0.3 is 12.1 Å². The molecule has 1 fully saturated rings. The van der Waals surface area contributed by atoms with Crippen LogP contribution in [0.2, 0.25) is 0 Å². The summed E-state index contributed by atoms with van der Waals surface area (Å²) < 4.78 is 6.29. The number of carbonyl (C=O) groups is 4. The number of hydrogen-bond acceptors (Lipinski definition) is 10. The molecule has 0 bridgehead atoms. The summed E-state index contributed by atoms with van der Waals surface area (Å²) in [6, 6.07) is 9.43. The van der Waals surface area contributed by atoms with Crippen molar-refractivity contribution < 1.29 is 33.9 Å². The highest BCUT2D eigenvalue weighted by molar-refractivity contribution is 5.97. The van der Waals surface area contributed by atoms with Gasteiger partial charge in [-0.05, 0) is 25.8 Å². The average Bonchev–Trinajstić information content (AvgIpc) is 3.41. The lowest BCUT2D eigenvalue weighted by atomic mass is 10.1. The number of carbonyl (C=O) groups excluding carboxylic acids is 3. The van der Waals surface area contributed by atoms with Crippen molar-refractivity contribution in [2.75, 3.05) is 32.8 Å². The summed E-state index contributed by atoms with van der Waals surface area (Å²) in [5.74, 6) is -1.58. The maximum atomic E-state index is 13.5. The molecule has 0 unspecified atom stereocenters. The first kappa shape index (κ1) is 29.1. The minimum absolute atomic E-state index is 0.0113. The second kappa shape index (κ2) is 13.5. The number of benzene rings is 1. The van der Waals surface area contributed by atoms with Crippen molar-refractivity contribution in [1.82, 2.24) is 35.0 Å². The zero-order chi connectivity index (χ0) is 29.4. The van der Waals surface area contributed by atoms with Gasteiger partial charge in [0.2, 0.25) is 5.91 Å². The van der Waals surface area contributed by atoms with Crippen molar-refractivity contribution in [3.63, 3.8) is 0 Å². The highest BCUT2D eigenvalue weighted by atomic mass is 16.8. The van der Waals surface area contributed by atoms with E-state index in [9.17, 15) is 24.3 Å². The smallest absolute Gasteiger partial charge is 0.481 e. The second-order valence-electron chi connectivity index (χ2n) is 9.25. The molecule has 0 saturated carbocycles. The molecule has 2 N–H and O–H groups in total. The van der Waals surface area contributed by atoms with Crippen LogP contribution >= 0.6 is 0 Å². The highest BCUT2D eigenvalue weighted by Gasteiger charge is 2.31. The third-order valence-electron chi connectivity index (χ3n) is 6.19. The molecule has 0 spiro atoms. The van der Waals surface area contributed by atoms with E-state index in [2.05, 4.69) is 20.4 Å². The van der Waals surface area contributed by atoms with Crippen molar-refractivity contribution in [3.8, 4) is 17.2 Å². The van der Waals surface area contributed by atoms with Crippen LogP contribution < -0.4 is 5.32 Å². The van der Waals surface area contributed by atoms with E-state index in [0.717, 1.165) is 5.56 Å². The number of rotatable bonds is 10. The van der Waals surface area contributed by atoms with Gasteiger partial charge in [-0.3, -0.25) is 14.4 Å². The van der Waals surface area contributed by atoms with Gasteiger partial charge in [0, 0.05) is 37.3 Å². The van der Waals surface area contributed by atoms with E-state index in [4.69, 9.17) is 9.57 Å². The van der Waals surface area contributed by atoms with Gasteiger partial charge in [-0.1, -0.05) is 30.3 Å². The highest BCUT2D eigenvalue weighted by Crippen LogP contribution is 2.18. The Labute approximate surface area is 235 Å². The number of hydroxylamine groups is 2. The molecule has 1 aromatic carbocycles. The van der Waals surface area contributed by atoms with E-state index in [1.165, 1.54) is 20.7 Å². The van der Waals surface area contributed by atoms with E-state index in [0.29, 0.717) is 11.4 Å². The van der Waals surface area contributed by atoms with Crippen LogP contribution in [-0.2, 0) is 19.2 Å². The minimum Gasteiger partial charge on any atom is -0.481 e. The Kier molecular flexibility index (Phi) is 9.58. The van der Waals surface area contributed by atoms with Gasteiger partial charge in [-0.15, -0.1) is 5.06 Å². The molecular formula is C27H31N7O7. The lowest BCUT2D eigenvalue weighted by molar-refractivity contribution is -0.157. The standard InChI is InChI=1S/C27H31N7O7/c1-3-40-27(39)41-33-13-11-32(12-14-33)26(38)20(9-10-23(35)36)30-25(37)21-15-22(34-17-18(2)16-28-34)31-24(29-21)19-7-5-4-6-8-19/h4-8,15-17,20H,3,9-14H2,1-2H3,(H,30,37)(H,35,36)/t20-/m0/s1. The van der Waals surface area contributed by atoms with Crippen LogP contribution in [0.1, 0.15) is 35.8 Å². The molecule has 2 aromatic heterocycles. The first-order valence-electron chi connectivity index (χ1n) is 13.1. The maximum absolute atomic E-state index is 13.5. The first-order valence-corrected chi connectivity index (χ1v) is 13.1. The molecule has 14 nitrogen and oxygen atoms in total. The number of carboxylic acid groups (broad SMARTS) is 1. The predicted octanol–water partition coefficient (Wildman–Crippen LogP) is 1.83. The number of aliphatic carboxylic acids is 1. The summed E-state index contributed by atoms with van der Waals surface area (Å²) in [4.78, 5) is 65.4. The van der Waals surface area contributed by atoms with Crippen LogP contribution in [0.4, 0.5) is 4.79 Å². The van der Waals surface area contributed by atoms with Crippen molar-refractivity contribution in [2.24, 2.45) is 0 Å². The van der Waals surface area contributed by atoms with Crippen molar-refractivity contribution in [2.45, 2.75) is 32.7 Å². The Morgan fingerprint density at radius 2 is 1.80 bits per heavy atom. The monoisotopic (exact) mass is 565 g/mol. The molecule has 216 valence electrons. The fourth-order valence-corrected chi connectivity index (χ4v) is 4.15. The van der Waals surface area contributed by atoms with Crippen LogP contribution in [0.15, 0.2) is 48.8 Å². The van der Waals surface area contributed by atoms with Crippen LogP contribution in [-0.4, -0.2) is 97.6 Å². The lowest BCUT2D eigenvalue weighted by Crippen LogP contribution is -2.55. The number of aromatic nitrogens is 4. The Morgan fingerprint density at radius 1 is 1.07 bits per heavy atom. The van der Waals surface area contributed by atoms with Crippen molar-refractivity contribution >= 4 is 23.9 Å². The number of nitrogens with one attached hydrogen (secondary N) is 1. The van der Waals surface area contributed by atoms with Crippen molar-refractivity contribution in [3.05, 3.63) is 60.0 Å². The Bertz CT molecular complexity index is 1390. The normalized spacial score (nSPS) is 14.2. The Balaban J connectivity index is 1.53. The Morgan fingerprint density at radius 3 is 2.44 bits per heavy atom. The zero-order valence-electron chi connectivity index (χ0n) is 22.7. The number of nitrogens with zero attached hydrogens (tertiary/aromatic N) is 6. The quantitative estimate of drug-likeness (QED) is 0.344. The molecule has 14 heteroatoms. The molecule has 4 rings (SSSR count). The zero-order valence-corrected chi connectivity index (χ0v) is 22.7. The van der Waals surface area contributed by atoms with Gasteiger partial charge in [0.15, 0.2) is 11.6 Å². The average molecular weight is 566 g/mol. The maximum Gasteiger partial charge on any atom is 0.527 e. The third kappa shape index (κ3) is 7.85. The largest absolute Gasteiger partial charge is 0.527 e. The molecule has 0 radical (unpaired) electrons.